The van der Waals surface area contributed by atoms with Crippen molar-refractivity contribution in [3.05, 3.63) is 50.3 Å². The molecule has 0 atom stereocenters. The number of methoxy groups -OCH3 is 3. The molecule has 1 saturated heterocycles. The highest BCUT2D eigenvalue weighted by Crippen LogP contribution is 2.40. The highest BCUT2D eigenvalue weighted by Gasteiger charge is 2.36. The van der Waals surface area contributed by atoms with Gasteiger partial charge in [-0.15, -0.1) is 0 Å². The third-order valence-corrected chi connectivity index (χ3v) is 6.50. The normalized spacial score (nSPS) is 14.7. The van der Waals surface area contributed by atoms with Crippen molar-refractivity contribution >= 4 is 68.1 Å². The number of carbonyl (C=O) groups excluding carboxylic acids is 3. The Hall–Kier alpha value is -2.69. The molecule has 3 rings (SSSR count). The number of hydrogen-bond acceptors (Lipinski definition) is 7. The molecule has 0 aliphatic carbocycles. The van der Waals surface area contributed by atoms with Gasteiger partial charge in [0.05, 0.1) is 31.3 Å². The van der Waals surface area contributed by atoms with Gasteiger partial charge in [-0.05, 0) is 69.7 Å². The number of nitrogens with zero attached hydrogens (tertiary/aromatic N) is 1. The Bertz CT molecular complexity index is 1100. The Morgan fingerprint density at radius 1 is 1.12 bits per heavy atom. The average Bonchev–Trinajstić information content (AvgIpc) is 3.02. The summed E-state index contributed by atoms with van der Waals surface area (Å²) in [4.78, 5) is 38.5. The smallest absolute Gasteiger partial charge is 0.294 e. The maximum atomic E-state index is 12.8. The van der Waals surface area contributed by atoms with Crippen LogP contribution in [0.1, 0.15) is 5.56 Å². The molecule has 1 aliphatic rings. The number of hydrogen-bond donors (Lipinski definition) is 1. The molecule has 2 aromatic carbocycles. The number of thioether (sulfide) groups is 1. The average molecular weight is 542 g/mol. The zero-order valence-corrected chi connectivity index (χ0v) is 20.4. The molecule has 32 heavy (non-hydrogen) atoms. The number of amides is 3. The summed E-state index contributed by atoms with van der Waals surface area (Å²) in [6.07, 6.45) is 1.53. The van der Waals surface area contributed by atoms with Crippen molar-refractivity contribution in [1.29, 1.82) is 0 Å². The van der Waals surface area contributed by atoms with Crippen LogP contribution < -0.4 is 19.5 Å². The molecule has 0 aromatic heterocycles. The third kappa shape index (κ3) is 5.20. The summed E-state index contributed by atoms with van der Waals surface area (Å²) in [6.45, 7) is -0.426. The van der Waals surface area contributed by atoms with Crippen molar-refractivity contribution in [2.45, 2.75) is 0 Å². The number of benzene rings is 2. The molecule has 11 heteroatoms. The first-order chi connectivity index (χ1) is 15.3. The van der Waals surface area contributed by atoms with Gasteiger partial charge in [-0.2, -0.15) is 0 Å². The van der Waals surface area contributed by atoms with Crippen molar-refractivity contribution in [2.75, 3.05) is 33.2 Å². The SMILES string of the molecule is COc1cc(/C=C2/SC(=O)N(CC(=O)Nc3ccc(Br)c(Cl)c3)C2=O)cc(OC)c1OC. The van der Waals surface area contributed by atoms with E-state index in [-0.39, 0.29) is 4.91 Å². The minimum Gasteiger partial charge on any atom is -0.493 e. The zero-order chi connectivity index (χ0) is 23.4. The maximum absolute atomic E-state index is 12.8. The lowest BCUT2D eigenvalue weighted by Gasteiger charge is -2.13. The van der Waals surface area contributed by atoms with E-state index in [1.807, 2.05) is 0 Å². The molecule has 3 amide bonds. The summed E-state index contributed by atoms with van der Waals surface area (Å²) in [5, 5.41) is 2.49. The lowest BCUT2D eigenvalue weighted by atomic mass is 10.1. The van der Waals surface area contributed by atoms with Gasteiger partial charge in [0.1, 0.15) is 6.54 Å². The van der Waals surface area contributed by atoms with Crippen molar-refractivity contribution < 1.29 is 28.6 Å². The molecule has 1 N–H and O–H groups in total. The monoisotopic (exact) mass is 540 g/mol. The number of nitrogens with one attached hydrogen (secondary N) is 1. The van der Waals surface area contributed by atoms with E-state index in [2.05, 4.69) is 21.2 Å². The molecule has 2 aromatic rings. The predicted octanol–water partition coefficient (Wildman–Crippen LogP) is 4.80. The van der Waals surface area contributed by atoms with E-state index >= 15 is 0 Å². The zero-order valence-electron chi connectivity index (χ0n) is 17.2. The number of ether oxygens (including phenoxy) is 3. The fraction of sp³-hybridized carbons (Fsp3) is 0.190. The van der Waals surface area contributed by atoms with E-state index in [0.29, 0.717) is 38.0 Å². The number of rotatable bonds is 7. The minimum atomic E-state index is -0.572. The number of imide groups is 1. The van der Waals surface area contributed by atoms with Crippen LogP contribution in [-0.4, -0.2) is 49.8 Å². The molecule has 1 fully saturated rings. The van der Waals surface area contributed by atoms with Crippen LogP contribution in [0.25, 0.3) is 6.08 Å². The first kappa shape index (κ1) is 24.0. The Balaban J connectivity index is 1.77. The topological polar surface area (TPSA) is 94.2 Å². The van der Waals surface area contributed by atoms with E-state index < -0.39 is 23.6 Å². The molecule has 0 bridgehead atoms. The maximum Gasteiger partial charge on any atom is 0.294 e. The van der Waals surface area contributed by atoms with Gasteiger partial charge in [0.15, 0.2) is 11.5 Å². The second-order valence-corrected chi connectivity index (χ2v) is 8.66. The Morgan fingerprint density at radius 2 is 1.78 bits per heavy atom. The minimum absolute atomic E-state index is 0.170. The van der Waals surface area contributed by atoms with Crippen LogP contribution in [0.2, 0.25) is 5.02 Å². The van der Waals surface area contributed by atoms with E-state index in [1.165, 1.54) is 27.4 Å². The summed E-state index contributed by atoms with van der Waals surface area (Å²) in [7, 11) is 4.44. The van der Waals surface area contributed by atoms with Crippen molar-refractivity contribution in [1.82, 2.24) is 4.90 Å². The Labute approximate surface area is 202 Å². The van der Waals surface area contributed by atoms with Crippen LogP contribution in [0.15, 0.2) is 39.7 Å². The van der Waals surface area contributed by atoms with E-state index in [1.54, 1.807) is 30.3 Å². The van der Waals surface area contributed by atoms with Gasteiger partial charge >= 0.3 is 0 Å². The van der Waals surface area contributed by atoms with Crippen LogP contribution in [0.4, 0.5) is 10.5 Å². The molecule has 0 saturated carbocycles. The molecule has 168 valence electrons. The molecule has 0 spiro atoms. The first-order valence-electron chi connectivity index (χ1n) is 9.07. The largest absolute Gasteiger partial charge is 0.493 e. The number of carbonyl (C=O) groups is 3. The molecule has 8 nitrogen and oxygen atoms in total. The van der Waals surface area contributed by atoms with E-state index in [0.717, 1.165) is 16.7 Å². The Kier molecular flexibility index (Phi) is 7.70. The van der Waals surface area contributed by atoms with Crippen molar-refractivity contribution in [3.63, 3.8) is 0 Å². The van der Waals surface area contributed by atoms with E-state index in [9.17, 15) is 14.4 Å². The molecular formula is C21H18BrClN2O6S. The van der Waals surface area contributed by atoms with Crippen molar-refractivity contribution in [3.8, 4) is 17.2 Å². The lowest BCUT2D eigenvalue weighted by molar-refractivity contribution is -0.127. The Morgan fingerprint density at radius 3 is 2.34 bits per heavy atom. The molecule has 1 aliphatic heterocycles. The van der Waals surface area contributed by atoms with E-state index in [4.69, 9.17) is 25.8 Å². The van der Waals surface area contributed by atoms with Gasteiger partial charge < -0.3 is 19.5 Å². The van der Waals surface area contributed by atoms with Crippen LogP contribution in [0, 0.1) is 0 Å². The van der Waals surface area contributed by atoms with Gasteiger partial charge in [-0.1, -0.05) is 11.6 Å². The molecular weight excluding hydrogens is 524 g/mol. The summed E-state index contributed by atoms with van der Waals surface area (Å²) >= 11 is 10.0. The summed E-state index contributed by atoms with van der Waals surface area (Å²) in [5.41, 5.74) is 1.02. The fourth-order valence-corrected chi connectivity index (χ4v) is 4.16. The van der Waals surface area contributed by atoms with Gasteiger partial charge in [-0.3, -0.25) is 19.3 Å². The molecule has 1 heterocycles. The number of halogens is 2. The highest BCUT2D eigenvalue weighted by atomic mass is 79.9. The lowest BCUT2D eigenvalue weighted by Crippen LogP contribution is -2.36. The summed E-state index contributed by atoms with van der Waals surface area (Å²) < 4.78 is 16.6. The quantitative estimate of drug-likeness (QED) is 0.503. The van der Waals surface area contributed by atoms with Gasteiger partial charge in [-0.25, -0.2) is 0 Å². The van der Waals surface area contributed by atoms with Gasteiger partial charge in [0.2, 0.25) is 11.7 Å². The third-order valence-electron chi connectivity index (χ3n) is 4.36. The van der Waals surface area contributed by atoms with Gasteiger partial charge in [0.25, 0.3) is 11.1 Å². The predicted molar refractivity (Wildman–Crippen MR) is 127 cm³/mol. The second kappa shape index (κ2) is 10.3. The highest BCUT2D eigenvalue weighted by molar-refractivity contribution is 9.10. The standard InChI is InChI=1S/C21H18BrClN2O6S/c1-29-15-6-11(7-16(30-2)19(15)31-3)8-17-20(27)25(21(28)32-17)10-18(26)24-12-4-5-13(22)14(23)9-12/h4-9H,10H2,1-3H3,(H,24,26)/b17-8+. The van der Waals surface area contributed by atoms with Crippen LogP contribution in [0.3, 0.4) is 0 Å². The summed E-state index contributed by atoms with van der Waals surface area (Å²) in [5.74, 6) is 0.122. The summed E-state index contributed by atoms with van der Waals surface area (Å²) in [6, 6.07) is 8.19. The van der Waals surface area contributed by atoms with Crippen LogP contribution >= 0.6 is 39.3 Å². The van der Waals surface area contributed by atoms with Crippen LogP contribution in [0.5, 0.6) is 17.2 Å². The molecule has 0 radical (unpaired) electrons. The van der Waals surface area contributed by atoms with Crippen LogP contribution in [-0.2, 0) is 9.59 Å². The fourth-order valence-electron chi connectivity index (χ4n) is 2.89. The van der Waals surface area contributed by atoms with Crippen molar-refractivity contribution in [2.24, 2.45) is 0 Å². The second-order valence-electron chi connectivity index (χ2n) is 6.40. The van der Waals surface area contributed by atoms with Gasteiger partial charge in [0, 0.05) is 10.2 Å². The number of anilines is 1. The molecule has 0 unspecified atom stereocenters. The first-order valence-corrected chi connectivity index (χ1v) is 11.1.